The summed E-state index contributed by atoms with van der Waals surface area (Å²) in [7, 11) is 0. The Morgan fingerprint density at radius 3 is 2.36 bits per heavy atom. The van der Waals surface area contributed by atoms with E-state index in [9.17, 15) is 22.4 Å². The summed E-state index contributed by atoms with van der Waals surface area (Å²) in [5.41, 5.74) is -0.923. The van der Waals surface area contributed by atoms with Gasteiger partial charge in [0, 0.05) is 17.2 Å². The van der Waals surface area contributed by atoms with E-state index in [4.69, 9.17) is 0 Å². The molecule has 1 heterocycles. The number of nitrogens with one attached hydrogen (secondary N) is 1. The zero-order valence-corrected chi connectivity index (χ0v) is 15.2. The van der Waals surface area contributed by atoms with Crippen molar-refractivity contribution in [2.24, 2.45) is 0 Å². The van der Waals surface area contributed by atoms with Crippen LogP contribution in [0, 0.1) is 30.2 Å². The van der Waals surface area contributed by atoms with Gasteiger partial charge in [0.25, 0.3) is 5.91 Å². The Morgan fingerprint density at radius 2 is 1.71 bits per heavy atom. The number of carbonyl (C=O) groups is 1. The van der Waals surface area contributed by atoms with Crippen LogP contribution in [0.15, 0.2) is 30.5 Å². The van der Waals surface area contributed by atoms with Gasteiger partial charge in [-0.3, -0.25) is 4.79 Å². The molecule has 1 N–H and O–H groups in total. The van der Waals surface area contributed by atoms with E-state index >= 15 is 0 Å². The number of hydrogen-bond donors (Lipinski definition) is 1. The third kappa shape index (κ3) is 3.35. The molecule has 28 heavy (non-hydrogen) atoms. The number of carbonyl (C=O) groups excluding carboxylic acids is 1. The third-order valence-corrected chi connectivity index (χ3v) is 4.20. The van der Waals surface area contributed by atoms with Crippen molar-refractivity contribution in [3.05, 3.63) is 64.9 Å². The van der Waals surface area contributed by atoms with E-state index in [0.717, 1.165) is 6.92 Å². The van der Waals surface area contributed by atoms with E-state index in [-0.39, 0.29) is 11.7 Å². The van der Waals surface area contributed by atoms with Crippen molar-refractivity contribution < 1.29 is 22.4 Å². The van der Waals surface area contributed by atoms with E-state index in [1.165, 1.54) is 6.07 Å². The number of nitrogens with zero attached hydrogens (tertiary/aromatic N) is 3. The minimum absolute atomic E-state index is 0.0522. The van der Waals surface area contributed by atoms with Crippen LogP contribution in [0.1, 0.15) is 35.8 Å². The molecule has 0 unspecified atom stereocenters. The average Bonchev–Trinajstić information content (AvgIpc) is 3.16. The van der Waals surface area contributed by atoms with E-state index in [1.54, 1.807) is 29.1 Å². The molecule has 0 aliphatic carbocycles. The largest absolute Gasteiger partial charge is 0.321 e. The molecule has 0 saturated heterocycles. The molecular weight excluding hydrogens is 376 g/mol. The minimum atomic E-state index is -1.91. The van der Waals surface area contributed by atoms with Crippen molar-refractivity contribution in [1.82, 2.24) is 15.0 Å². The molecule has 0 atom stereocenters. The summed E-state index contributed by atoms with van der Waals surface area (Å²) in [6.45, 7) is 4.73. The molecule has 2 aromatic carbocycles. The molecule has 9 heteroatoms. The Bertz CT molecular complexity index is 1030. The fraction of sp³-hybridized carbons (Fsp3) is 0.211. The minimum Gasteiger partial charge on any atom is -0.321 e. The number of para-hydroxylation sites is 1. The molecule has 146 valence electrons. The molecule has 3 rings (SSSR count). The van der Waals surface area contributed by atoms with Crippen molar-refractivity contribution in [1.29, 1.82) is 0 Å². The SMILES string of the molecule is Cc1c(F)c(F)c(F)c(C(=O)Nc2ccccc2-c2cn(C(C)C)nn2)c1F. The van der Waals surface area contributed by atoms with E-state index in [1.807, 2.05) is 13.8 Å². The van der Waals surface area contributed by atoms with Crippen LogP contribution < -0.4 is 5.32 Å². The highest BCUT2D eigenvalue weighted by atomic mass is 19.2. The van der Waals surface area contributed by atoms with Gasteiger partial charge in [-0.1, -0.05) is 23.4 Å². The van der Waals surface area contributed by atoms with Crippen molar-refractivity contribution in [2.45, 2.75) is 26.8 Å². The molecule has 5 nitrogen and oxygen atoms in total. The van der Waals surface area contributed by atoms with E-state index < -0.39 is 40.3 Å². The van der Waals surface area contributed by atoms with Gasteiger partial charge in [0.15, 0.2) is 17.5 Å². The van der Waals surface area contributed by atoms with Gasteiger partial charge < -0.3 is 5.32 Å². The first kappa shape index (κ1) is 19.5. The Kier molecular flexibility index (Phi) is 5.17. The quantitative estimate of drug-likeness (QED) is 0.400. The molecule has 0 radical (unpaired) electrons. The Morgan fingerprint density at radius 1 is 1.04 bits per heavy atom. The number of benzene rings is 2. The number of halogens is 4. The maximum Gasteiger partial charge on any atom is 0.261 e. The van der Waals surface area contributed by atoms with E-state index in [0.29, 0.717) is 11.3 Å². The van der Waals surface area contributed by atoms with Crippen molar-refractivity contribution in [3.63, 3.8) is 0 Å². The molecule has 0 bridgehead atoms. The lowest BCUT2D eigenvalue weighted by molar-refractivity contribution is 0.101. The molecule has 0 saturated carbocycles. The highest BCUT2D eigenvalue weighted by Gasteiger charge is 2.28. The van der Waals surface area contributed by atoms with Crippen LogP contribution in [0.2, 0.25) is 0 Å². The van der Waals surface area contributed by atoms with Crippen LogP contribution in [0.3, 0.4) is 0 Å². The monoisotopic (exact) mass is 392 g/mol. The lowest BCUT2D eigenvalue weighted by Crippen LogP contribution is -2.19. The Balaban J connectivity index is 2.01. The van der Waals surface area contributed by atoms with Crippen molar-refractivity contribution in [3.8, 4) is 11.3 Å². The average molecular weight is 392 g/mol. The molecular formula is C19H16F4N4O. The first-order valence-electron chi connectivity index (χ1n) is 8.37. The topological polar surface area (TPSA) is 59.8 Å². The second kappa shape index (κ2) is 7.41. The predicted octanol–water partition coefficient (Wildman–Crippen LogP) is 4.64. The number of hydrogen-bond acceptors (Lipinski definition) is 3. The lowest BCUT2D eigenvalue weighted by atomic mass is 10.1. The van der Waals surface area contributed by atoms with Crippen LogP contribution in [0.5, 0.6) is 0 Å². The summed E-state index contributed by atoms with van der Waals surface area (Å²) in [6.07, 6.45) is 1.65. The first-order valence-corrected chi connectivity index (χ1v) is 8.37. The van der Waals surface area contributed by atoms with Gasteiger partial charge in [0.1, 0.15) is 17.1 Å². The first-order chi connectivity index (χ1) is 13.2. The summed E-state index contributed by atoms with van der Waals surface area (Å²) >= 11 is 0. The van der Waals surface area contributed by atoms with Gasteiger partial charge in [-0.25, -0.2) is 22.2 Å². The lowest BCUT2D eigenvalue weighted by Gasteiger charge is -2.12. The van der Waals surface area contributed by atoms with Gasteiger partial charge >= 0.3 is 0 Å². The summed E-state index contributed by atoms with van der Waals surface area (Å²) in [4.78, 5) is 12.4. The fourth-order valence-corrected chi connectivity index (χ4v) is 2.60. The Hall–Kier alpha value is -3.23. The summed E-state index contributed by atoms with van der Waals surface area (Å²) in [5.74, 6) is -8.17. The Labute approximate surface area is 158 Å². The zero-order valence-electron chi connectivity index (χ0n) is 15.2. The highest BCUT2D eigenvalue weighted by Crippen LogP contribution is 2.29. The van der Waals surface area contributed by atoms with Gasteiger partial charge in [0.2, 0.25) is 0 Å². The standard InChI is InChI=1S/C19H16F4N4O/c1-9(2)27-8-13(25-26-27)11-6-4-5-7-12(11)24-19(28)14-15(20)10(3)16(21)18(23)17(14)22/h4-9H,1-3H3,(H,24,28). The molecule has 0 spiro atoms. The van der Waals surface area contributed by atoms with Gasteiger partial charge in [0.05, 0.1) is 11.9 Å². The smallest absolute Gasteiger partial charge is 0.261 e. The summed E-state index contributed by atoms with van der Waals surface area (Å²) in [5, 5.41) is 10.3. The number of aromatic nitrogens is 3. The number of anilines is 1. The maximum absolute atomic E-state index is 14.2. The molecule has 0 aliphatic rings. The second-order valence-electron chi connectivity index (χ2n) is 6.43. The van der Waals surface area contributed by atoms with Gasteiger partial charge in [-0.05, 0) is 26.8 Å². The molecule has 3 aromatic rings. The maximum atomic E-state index is 14.2. The molecule has 1 amide bonds. The molecule has 0 fully saturated rings. The number of amides is 1. The van der Waals surface area contributed by atoms with Crippen LogP contribution in [-0.2, 0) is 0 Å². The van der Waals surface area contributed by atoms with Crippen molar-refractivity contribution in [2.75, 3.05) is 5.32 Å². The normalized spacial score (nSPS) is 11.1. The number of rotatable bonds is 4. The van der Waals surface area contributed by atoms with Gasteiger partial charge in [-0.2, -0.15) is 0 Å². The zero-order chi connectivity index (χ0) is 20.6. The van der Waals surface area contributed by atoms with E-state index in [2.05, 4.69) is 15.6 Å². The van der Waals surface area contributed by atoms with Crippen molar-refractivity contribution >= 4 is 11.6 Å². The van der Waals surface area contributed by atoms with Crippen LogP contribution in [0.25, 0.3) is 11.3 Å². The predicted molar refractivity (Wildman–Crippen MR) is 94.8 cm³/mol. The summed E-state index contributed by atoms with van der Waals surface area (Å²) in [6, 6.07) is 6.45. The van der Waals surface area contributed by atoms with Gasteiger partial charge in [-0.15, -0.1) is 5.10 Å². The highest BCUT2D eigenvalue weighted by molar-refractivity contribution is 6.06. The molecule has 1 aromatic heterocycles. The summed E-state index contributed by atoms with van der Waals surface area (Å²) < 4.78 is 57.0. The van der Waals surface area contributed by atoms with Crippen LogP contribution >= 0.6 is 0 Å². The van der Waals surface area contributed by atoms with Crippen LogP contribution in [-0.4, -0.2) is 20.9 Å². The third-order valence-electron chi connectivity index (χ3n) is 4.20. The van der Waals surface area contributed by atoms with Crippen LogP contribution in [0.4, 0.5) is 23.2 Å². The molecule has 0 aliphatic heterocycles. The fourth-order valence-electron chi connectivity index (χ4n) is 2.60. The second-order valence-corrected chi connectivity index (χ2v) is 6.43.